The fraction of sp³-hybridized carbons (Fsp3) is 0.318. The number of anilines is 2. The minimum Gasteiger partial charge on any atom is -0.415 e. The Bertz CT molecular complexity index is 1100. The molecule has 0 unspecified atom stereocenters. The molecule has 0 bridgehead atoms. The molecule has 2 aromatic carbocycles. The molecular formula is C22H22F3N5O2. The van der Waals surface area contributed by atoms with Crippen LogP contribution in [-0.4, -0.2) is 54.7 Å². The largest absolute Gasteiger partial charge is 0.415 e. The predicted molar refractivity (Wildman–Crippen MR) is 113 cm³/mol. The van der Waals surface area contributed by atoms with Crippen LogP contribution in [0.2, 0.25) is 0 Å². The third-order valence-corrected chi connectivity index (χ3v) is 5.56. The Labute approximate surface area is 183 Å². The molecule has 7 nitrogen and oxygen atoms in total. The molecule has 2 heterocycles. The SMILES string of the molecule is CN1CC(N(C)c2ccccc2N(C=O)Cc2ccc(-c3nnc(C(F)F)o3)cc2F)C1. The predicted octanol–water partition coefficient (Wildman–Crippen LogP) is 3.73. The molecule has 1 aliphatic rings. The second-order valence-corrected chi connectivity index (χ2v) is 7.76. The average molecular weight is 445 g/mol. The summed E-state index contributed by atoms with van der Waals surface area (Å²) >= 11 is 0. The summed E-state index contributed by atoms with van der Waals surface area (Å²) < 4.78 is 45.0. The number of para-hydroxylation sites is 2. The van der Waals surface area contributed by atoms with Crippen LogP contribution < -0.4 is 9.80 Å². The number of carbonyl (C=O) groups excluding carboxylic acids is 1. The van der Waals surface area contributed by atoms with Crippen molar-refractivity contribution in [1.29, 1.82) is 0 Å². The highest BCUT2D eigenvalue weighted by molar-refractivity contribution is 5.84. The topological polar surface area (TPSA) is 65.7 Å². The lowest BCUT2D eigenvalue weighted by atomic mass is 10.1. The number of likely N-dealkylation sites (tertiary alicyclic amines) is 1. The lowest BCUT2D eigenvalue weighted by molar-refractivity contribution is -0.107. The van der Waals surface area contributed by atoms with Gasteiger partial charge < -0.3 is 19.1 Å². The van der Waals surface area contributed by atoms with Crippen LogP contribution in [0.25, 0.3) is 11.5 Å². The average Bonchev–Trinajstić information content (AvgIpc) is 3.26. The molecule has 1 aromatic heterocycles. The van der Waals surface area contributed by atoms with E-state index in [9.17, 15) is 18.0 Å². The van der Waals surface area contributed by atoms with Crippen molar-refractivity contribution in [3.05, 3.63) is 59.7 Å². The van der Waals surface area contributed by atoms with Crippen LogP contribution in [-0.2, 0) is 11.3 Å². The Morgan fingerprint density at radius 2 is 1.91 bits per heavy atom. The molecule has 1 aliphatic heterocycles. The zero-order valence-electron chi connectivity index (χ0n) is 17.6. The molecule has 0 aliphatic carbocycles. The summed E-state index contributed by atoms with van der Waals surface area (Å²) in [6, 6.07) is 11.9. The van der Waals surface area contributed by atoms with Crippen LogP contribution in [0.1, 0.15) is 17.9 Å². The summed E-state index contributed by atoms with van der Waals surface area (Å²) in [5.41, 5.74) is 1.98. The molecule has 32 heavy (non-hydrogen) atoms. The molecule has 168 valence electrons. The van der Waals surface area contributed by atoms with E-state index in [-0.39, 0.29) is 23.6 Å². The van der Waals surface area contributed by atoms with E-state index in [4.69, 9.17) is 4.42 Å². The van der Waals surface area contributed by atoms with Crippen molar-refractivity contribution >= 4 is 17.8 Å². The first kappa shape index (κ1) is 21.8. The van der Waals surface area contributed by atoms with Crippen molar-refractivity contribution in [2.24, 2.45) is 0 Å². The number of alkyl halides is 2. The molecule has 0 N–H and O–H groups in total. The van der Waals surface area contributed by atoms with Crippen molar-refractivity contribution < 1.29 is 22.4 Å². The number of halogens is 3. The summed E-state index contributed by atoms with van der Waals surface area (Å²) in [7, 11) is 4.02. The van der Waals surface area contributed by atoms with Gasteiger partial charge in [0.15, 0.2) is 0 Å². The first-order valence-electron chi connectivity index (χ1n) is 10.00. The highest BCUT2D eigenvalue weighted by Crippen LogP contribution is 2.32. The van der Waals surface area contributed by atoms with Crippen molar-refractivity contribution in [2.45, 2.75) is 19.0 Å². The number of amides is 1. The highest BCUT2D eigenvalue weighted by Gasteiger charge is 2.29. The molecule has 0 saturated carbocycles. The van der Waals surface area contributed by atoms with E-state index in [1.807, 2.05) is 38.4 Å². The number of carbonyl (C=O) groups is 1. The lowest BCUT2D eigenvalue weighted by Crippen LogP contribution is -2.56. The molecule has 3 aromatic rings. The van der Waals surface area contributed by atoms with Crippen molar-refractivity contribution in [3.63, 3.8) is 0 Å². The van der Waals surface area contributed by atoms with Crippen LogP contribution in [0.15, 0.2) is 46.9 Å². The normalized spacial score (nSPS) is 14.4. The first-order chi connectivity index (χ1) is 15.4. The zero-order valence-corrected chi connectivity index (χ0v) is 17.6. The van der Waals surface area contributed by atoms with E-state index in [1.165, 1.54) is 17.0 Å². The number of nitrogens with zero attached hydrogens (tertiary/aromatic N) is 5. The maximum Gasteiger partial charge on any atom is 0.314 e. The molecule has 0 spiro atoms. The maximum atomic E-state index is 14.8. The van der Waals surface area contributed by atoms with Gasteiger partial charge in [-0.05, 0) is 31.3 Å². The maximum absolute atomic E-state index is 14.8. The second-order valence-electron chi connectivity index (χ2n) is 7.76. The van der Waals surface area contributed by atoms with E-state index < -0.39 is 18.1 Å². The molecule has 1 amide bonds. The fourth-order valence-corrected chi connectivity index (χ4v) is 3.72. The quantitative estimate of drug-likeness (QED) is 0.493. The van der Waals surface area contributed by atoms with Crippen molar-refractivity contribution in [3.8, 4) is 11.5 Å². The fourth-order valence-electron chi connectivity index (χ4n) is 3.72. The van der Waals surface area contributed by atoms with E-state index in [2.05, 4.69) is 20.0 Å². The number of benzene rings is 2. The summed E-state index contributed by atoms with van der Waals surface area (Å²) in [6.45, 7) is 1.84. The number of hydrogen-bond acceptors (Lipinski definition) is 6. The van der Waals surface area contributed by atoms with E-state index in [0.717, 1.165) is 24.8 Å². The number of hydrogen-bond donors (Lipinski definition) is 0. The second kappa shape index (κ2) is 8.99. The molecule has 4 rings (SSSR count). The Kier molecular flexibility index (Phi) is 6.13. The van der Waals surface area contributed by atoms with Crippen LogP contribution in [0.3, 0.4) is 0 Å². The van der Waals surface area contributed by atoms with Crippen LogP contribution in [0.5, 0.6) is 0 Å². The van der Waals surface area contributed by atoms with Crippen LogP contribution in [0, 0.1) is 5.82 Å². The van der Waals surface area contributed by atoms with Crippen LogP contribution >= 0.6 is 0 Å². The van der Waals surface area contributed by atoms with Gasteiger partial charge >= 0.3 is 6.43 Å². The minimum atomic E-state index is -2.90. The molecule has 1 fully saturated rings. The van der Waals surface area contributed by atoms with Gasteiger partial charge in [0.05, 0.1) is 24.0 Å². The summed E-state index contributed by atoms with van der Waals surface area (Å²) in [6.07, 6.45) is -2.24. The van der Waals surface area contributed by atoms with Gasteiger partial charge in [-0.25, -0.2) is 4.39 Å². The zero-order chi connectivity index (χ0) is 22.8. The number of aromatic nitrogens is 2. The number of likely N-dealkylation sites (N-methyl/N-ethyl adjacent to an activating group) is 2. The Morgan fingerprint density at radius 3 is 2.50 bits per heavy atom. The highest BCUT2D eigenvalue weighted by atomic mass is 19.3. The minimum absolute atomic E-state index is 0.00282. The summed E-state index contributed by atoms with van der Waals surface area (Å²) in [5, 5.41) is 6.78. The molecule has 10 heteroatoms. The van der Waals surface area contributed by atoms with Gasteiger partial charge in [-0.3, -0.25) is 4.79 Å². The molecule has 0 radical (unpaired) electrons. The molecule has 1 saturated heterocycles. The Morgan fingerprint density at radius 1 is 1.19 bits per heavy atom. The molecule has 0 atom stereocenters. The first-order valence-corrected chi connectivity index (χ1v) is 10.00. The molecular weight excluding hydrogens is 423 g/mol. The third kappa shape index (κ3) is 4.31. The Hall–Kier alpha value is -3.40. The van der Waals surface area contributed by atoms with Gasteiger partial charge in [-0.1, -0.05) is 18.2 Å². The van der Waals surface area contributed by atoms with Crippen molar-refractivity contribution in [1.82, 2.24) is 15.1 Å². The summed E-state index contributed by atoms with van der Waals surface area (Å²) in [4.78, 5) is 17.7. The third-order valence-electron chi connectivity index (χ3n) is 5.56. The standard InChI is InChI=1S/C22H22F3N5O2/c1-28-11-16(12-28)29(2)18-5-3-4-6-19(18)30(13-31)10-15-8-7-14(9-17(15)23)21-26-27-22(32-21)20(24)25/h3-9,13,16,20H,10-12H2,1-2H3. The van der Waals surface area contributed by atoms with Gasteiger partial charge in [0.25, 0.3) is 5.89 Å². The lowest BCUT2D eigenvalue weighted by Gasteiger charge is -2.44. The van der Waals surface area contributed by atoms with Crippen LogP contribution in [0.4, 0.5) is 24.5 Å². The van der Waals surface area contributed by atoms with Gasteiger partial charge in [-0.15, -0.1) is 10.2 Å². The number of rotatable bonds is 8. The van der Waals surface area contributed by atoms with Gasteiger partial charge in [0.1, 0.15) is 5.82 Å². The van der Waals surface area contributed by atoms with Gasteiger partial charge in [0, 0.05) is 31.3 Å². The van der Waals surface area contributed by atoms with E-state index in [0.29, 0.717) is 18.1 Å². The summed E-state index contributed by atoms with van der Waals surface area (Å²) in [5.74, 6) is -1.64. The smallest absolute Gasteiger partial charge is 0.314 e. The Balaban J connectivity index is 1.56. The van der Waals surface area contributed by atoms with E-state index in [1.54, 1.807) is 0 Å². The monoisotopic (exact) mass is 445 g/mol. The van der Waals surface area contributed by atoms with E-state index >= 15 is 0 Å². The van der Waals surface area contributed by atoms with Crippen molar-refractivity contribution in [2.75, 3.05) is 37.0 Å². The van der Waals surface area contributed by atoms with Gasteiger partial charge in [0.2, 0.25) is 12.3 Å². The van der Waals surface area contributed by atoms with Gasteiger partial charge in [-0.2, -0.15) is 8.78 Å².